The maximum absolute atomic E-state index is 13.0. The van der Waals surface area contributed by atoms with Crippen molar-refractivity contribution in [2.45, 2.75) is 32.0 Å². The topological polar surface area (TPSA) is 29.5 Å². The first kappa shape index (κ1) is 12.7. The van der Waals surface area contributed by atoms with E-state index in [1.165, 1.54) is 12.1 Å². The lowest BCUT2D eigenvalue weighted by Gasteiger charge is -2.29. The Kier molecular flexibility index (Phi) is 4.29. The molecule has 0 spiro atoms. The van der Waals surface area contributed by atoms with Crippen LogP contribution in [0.3, 0.4) is 0 Å². The van der Waals surface area contributed by atoms with Gasteiger partial charge in [-0.1, -0.05) is 6.92 Å². The maximum atomic E-state index is 13.0. The van der Waals surface area contributed by atoms with Gasteiger partial charge in [-0.25, -0.2) is 4.39 Å². The standard InChI is InChI=1S/C13H17FO2S/c1-2-17-6-5-10-8-12(15)11-7-9(14)3-4-13(11)16-10/h3-4,7,10,12,15H,2,5-6,8H2,1H3/t10?,12-/m1/s1. The second-order valence-electron chi connectivity index (χ2n) is 4.16. The van der Waals surface area contributed by atoms with E-state index < -0.39 is 6.10 Å². The fourth-order valence-electron chi connectivity index (χ4n) is 2.03. The number of hydrogen-bond donors (Lipinski definition) is 1. The average Bonchev–Trinajstić information content (AvgIpc) is 2.31. The van der Waals surface area contributed by atoms with Crippen LogP contribution >= 0.6 is 11.8 Å². The van der Waals surface area contributed by atoms with E-state index in [4.69, 9.17) is 4.74 Å². The van der Waals surface area contributed by atoms with Crippen LogP contribution in [0.5, 0.6) is 5.75 Å². The number of benzene rings is 1. The maximum Gasteiger partial charge on any atom is 0.125 e. The van der Waals surface area contributed by atoms with Crippen molar-refractivity contribution in [2.24, 2.45) is 0 Å². The van der Waals surface area contributed by atoms with Crippen molar-refractivity contribution >= 4 is 11.8 Å². The van der Waals surface area contributed by atoms with Gasteiger partial charge >= 0.3 is 0 Å². The second kappa shape index (κ2) is 5.74. The Morgan fingerprint density at radius 2 is 2.35 bits per heavy atom. The molecule has 1 heterocycles. The molecule has 4 heteroatoms. The van der Waals surface area contributed by atoms with Crippen LogP contribution in [0.25, 0.3) is 0 Å². The highest BCUT2D eigenvalue weighted by atomic mass is 32.2. The Hall–Kier alpha value is -0.740. The molecule has 1 aliphatic rings. The molecule has 1 N–H and O–H groups in total. The minimum absolute atomic E-state index is 0.0435. The lowest BCUT2D eigenvalue weighted by molar-refractivity contribution is 0.0644. The van der Waals surface area contributed by atoms with E-state index in [2.05, 4.69) is 6.92 Å². The summed E-state index contributed by atoms with van der Waals surface area (Å²) >= 11 is 1.87. The molecule has 2 atom stereocenters. The van der Waals surface area contributed by atoms with Crippen LogP contribution in [0, 0.1) is 5.82 Å². The Morgan fingerprint density at radius 1 is 1.53 bits per heavy atom. The lowest BCUT2D eigenvalue weighted by atomic mass is 9.98. The van der Waals surface area contributed by atoms with Gasteiger partial charge in [0, 0.05) is 12.0 Å². The molecule has 17 heavy (non-hydrogen) atoms. The van der Waals surface area contributed by atoms with Gasteiger partial charge in [0.05, 0.1) is 6.10 Å². The highest BCUT2D eigenvalue weighted by molar-refractivity contribution is 7.99. The minimum Gasteiger partial charge on any atom is -0.490 e. The average molecular weight is 256 g/mol. The summed E-state index contributed by atoms with van der Waals surface area (Å²) < 4.78 is 18.8. The zero-order valence-corrected chi connectivity index (χ0v) is 10.7. The minimum atomic E-state index is -0.605. The first-order chi connectivity index (χ1) is 8.20. The van der Waals surface area contributed by atoms with Crippen molar-refractivity contribution in [1.29, 1.82) is 0 Å². The molecule has 94 valence electrons. The van der Waals surface area contributed by atoms with Gasteiger partial charge in [-0.15, -0.1) is 0 Å². The van der Waals surface area contributed by atoms with Crippen LogP contribution in [-0.4, -0.2) is 22.7 Å². The zero-order valence-electron chi connectivity index (χ0n) is 9.86. The van der Waals surface area contributed by atoms with Gasteiger partial charge in [-0.05, 0) is 36.1 Å². The number of aliphatic hydroxyl groups is 1. The van der Waals surface area contributed by atoms with Gasteiger partial charge in [0.25, 0.3) is 0 Å². The SMILES string of the molecule is CCSCCC1C[C@@H](O)c2cc(F)ccc2O1. The van der Waals surface area contributed by atoms with Crippen LogP contribution in [-0.2, 0) is 0 Å². The summed E-state index contributed by atoms with van der Waals surface area (Å²) in [7, 11) is 0. The first-order valence-electron chi connectivity index (χ1n) is 5.92. The summed E-state index contributed by atoms with van der Waals surface area (Å²) in [5, 5.41) is 9.96. The molecule has 2 nitrogen and oxygen atoms in total. The number of ether oxygens (including phenoxy) is 1. The summed E-state index contributed by atoms with van der Waals surface area (Å²) in [4.78, 5) is 0. The molecule has 0 fully saturated rings. The Labute approximate surface area is 105 Å². The van der Waals surface area contributed by atoms with Crippen molar-refractivity contribution in [3.63, 3.8) is 0 Å². The number of thioether (sulfide) groups is 1. The van der Waals surface area contributed by atoms with Crippen molar-refractivity contribution in [1.82, 2.24) is 0 Å². The van der Waals surface area contributed by atoms with E-state index in [0.29, 0.717) is 17.7 Å². The van der Waals surface area contributed by atoms with Crippen molar-refractivity contribution in [2.75, 3.05) is 11.5 Å². The molecular weight excluding hydrogens is 239 g/mol. The number of fused-ring (bicyclic) bond motifs is 1. The molecule has 0 amide bonds. The number of aliphatic hydroxyl groups excluding tert-OH is 1. The van der Waals surface area contributed by atoms with Crippen LogP contribution in [0.15, 0.2) is 18.2 Å². The lowest BCUT2D eigenvalue weighted by Crippen LogP contribution is -2.26. The number of hydrogen-bond acceptors (Lipinski definition) is 3. The monoisotopic (exact) mass is 256 g/mol. The van der Waals surface area contributed by atoms with Gasteiger partial charge < -0.3 is 9.84 Å². The van der Waals surface area contributed by atoms with Gasteiger partial charge in [-0.3, -0.25) is 0 Å². The summed E-state index contributed by atoms with van der Waals surface area (Å²) in [5.74, 6) is 2.42. The molecule has 0 saturated heterocycles. The predicted octanol–water partition coefficient (Wildman–Crippen LogP) is 3.15. The molecule has 1 aliphatic heterocycles. The van der Waals surface area contributed by atoms with Crippen molar-refractivity contribution in [3.05, 3.63) is 29.6 Å². The zero-order chi connectivity index (χ0) is 12.3. The van der Waals surface area contributed by atoms with Crippen LogP contribution in [0.2, 0.25) is 0 Å². The second-order valence-corrected chi connectivity index (χ2v) is 5.55. The third-order valence-electron chi connectivity index (χ3n) is 2.90. The predicted molar refractivity (Wildman–Crippen MR) is 68.0 cm³/mol. The number of halogens is 1. The van der Waals surface area contributed by atoms with E-state index >= 15 is 0 Å². The van der Waals surface area contributed by atoms with Crippen molar-refractivity contribution in [3.8, 4) is 5.75 Å². The van der Waals surface area contributed by atoms with E-state index in [1.807, 2.05) is 11.8 Å². The molecular formula is C13H17FO2S. The molecule has 0 bridgehead atoms. The normalized spacial score (nSPS) is 23.0. The van der Waals surface area contributed by atoms with E-state index in [0.717, 1.165) is 17.9 Å². The highest BCUT2D eigenvalue weighted by Crippen LogP contribution is 2.36. The van der Waals surface area contributed by atoms with Gasteiger partial charge in [-0.2, -0.15) is 11.8 Å². The summed E-state index contributed by atoms with van der Waals surface area (Å²) in [6.45, 7) is 2.12. The quantitative estimate of drug-likeness (QED) is 0.839. The van der Waals surface area contributed by atoms with Gasteiger partial charge in [0.2, 0.25) is 0 Å². The first-order valence-corrected chi connectivity index (χ1v) is 7.08. The highest BCUT2D eigenvalue weighted by Gasteiger charge is 2.26. The Bertz CT molecular complexity index is 384. The summed E-state index contributed by atoms with van der Waals surface area (Å²) in [6.07, 6.45) is 0.917. The third-order valence-corrected chi connectivity index (χ3v) is 3.83. The molecule has 2 rings (SSSR count). The number of rotatable bonds is 4. The Balaban J connectivity index is 2.03. The van der Waals surface area contributed by atoms with Gasteiger partial charge in [0.15, 0.2) is 0 Å². The van der Waals surface area contributed by atoms with Gasteiger partial charge in [0.1, 0.15) is 17.7 Å². The van der Waals surface area contributed by atoms with E-state index in [1.54, 1.807) is 6.07 Å². The van der Waals surface area contributed by atoms with Crippen molar-refractivity contribution < 1.29 is 14.2 Å². The molecule has 1 aromatic rings. The molecule has 0 aliphatic carbocycles. The summed E-state index contributed by atoms with van der Waals surface area (Å²) in [6, 6.07) is 4.33. The van der Waals surface area contributed by atoms with E-state index in [9.17, 15) is 9.50 Å². The Morgan fingerprint density at radius 3 is 3.12 bits per heavy atom. The third kappa shape index (κ3) is 3.13. The van der Waals surface area contributed by atoms with Crippen LogP contribution < -0.4 is 4.74 Å². The van der Waals surface area contributed by atoms with E-state index in [-0.39, 0.29) is 11.9 Å². The molecule has 1 aromatic carbocycles. The molecule has 1 unspecified atom stereocenters. The smallest absolute Gasteiger partial charge is 0.125 e. The largest absolute Gasteiger partial charge is 0.490 e. The van der Waals surface area contributed by atoms with Crippen LogP contribution in [0.4, 0.5) is 4.39 Å². The summed E-state index contributed by atoms with van der Waals surface area (Å²) in [5.41, 5.74) is 0.574. The fraction of sp³-hybridized carbons (Fsp3) is 0.538. The molecule has 0 radical (unpaired) electrons. The molecule has 0 saturated carbocycles. The fourth-order valence-corrected chi connectivity index (χ4v) is 2.74. The molecule has 0 aromatic heterocycles. The van der Waals surface area contributed by atoms with Crippen LogP contribution in [0.1, 0.15) is 31.4 Å².